The van der Waals surface area contributed by atoms with Gasteiger partial charge in [0.2, 0.25) is 11.5 Å². The van der Waals surface area contributed by atoms with Crippen LogP contribution in [0.5, 0.6) is 23.0 Å². The van der Waals surface area contributed by atoms with Crippen LogP contribution in [0.25, 0.3) is 0 Å². The van der Waals surface area contributed by atoms with Crippen LogP contribution in [0.3, 0.4) is 0 Å². The van der Waals surface area contributed by atoms with E-state index in [1.807, 2.05) is 26.0 Å². The molecule has 0 saturated heterocycles. The summed E-state index contributed by atoms with van der Waals surface area (Å²) < 4.78 is 17.2. The van der Waals surface area contributed by atoms with E-state index >= 15 is 0 Å². The van der Waals surface area contributed by atoms with E-state index in [0.29, 0.717) is 33.7 Å². The van der Waals surface area contributed by atoms with Gasteiger partial charge in [0.15, 0.2) is 11.5 Å². The zero-order valence-corrected chi connectivity index (χ0v) is 11.9. The summed E-state index contributed by atoms with van der Waals surface area (Å²) >= 11 is 6.11. The van der Waals surface area contributed by atoms with E-state index in [-0.39, 0.29) is 0 Å². The third kappa shape index (κ3) is 2.34. The second kappa shape index (κ2) is 4.49. The first-order valence-electron chi connectivity index (χ1n) is 6.18. The first-order chi connectivity index (χ1) is 9.44. The molecule has 2 N–H and O–H groups in total. The van der Waals surface area contributed by atoms with Gasteiger partial charge in [-0.1, -0.05) is 17.7 Å². The molecule has 0 saturated carbocycles. The Morgan fingerprint density at radius 2 is 1.90 bits per heavy atom. The fraction of sp³-hybridized carbons (Fsp3) is 0.200. The summed E-state index contributed by atoms with van der Waals surface area (Å²) in [4.78, 5) is 0. The average Bonchev–Trinajstić information content (AvgIpc) is 2.67. The van der Waals surface area contributed by atoms with Gasteiger partial charge in [-0.2, -0.15) is 0 Å². The summed E-state index contributed by atoms with van der Waals surface area (Å²) in [5.74, 6) is 1.60. The van der Waals surface area contributed by atoms with E-state index in [2.05, 4.69) is 0 Å². The van der Waals surface area contributed by atoms with Crippen molar-refractivity contribution in [3.05, 3.63) is 41.4 Å². The number of anilines is 1. The molecule has 4 nitrogen and oxygen atoms in total. The van der Waals surface area contributed by atoms with Crippen molar-refractivity contribution in [3.63, 3.8) is 0 Å². The van der Waals surface area contributed by atoms with Gasteiger partial charge in [0.05, 0.1) is 5.02 Å². The highest BCUT2D eigenvalue weighted by molar-refractivity contribution is 6.32. The van der Waals surface area contributed by atoms with Gasteiger partial charge >= 0.3 is 0 Å². The third-order valence-corrected chi connectivity index (χ3v) is 3.12. The van der Waals surface area contributed by atoms with Gasteiger partial charge in [-0.05, 0) is 30.3 Å². The van der Waals surface area contributed by atoms with Crippen LogP contribution >= 0.6 is 11.6 Å². The van der Waals surface area contributed by atoms with Crippen molar-refractivity contribution in [1.29, 1.82) is 0 Å². The zero-order chi connectivity index (χ0) is 14.3. The predicted octanol–water partition coefficient (Wildman–Crippen LogP) is 4.22. The number of benzene rings is 2. The van der Waals surface area contributed by atoms with E-state index in [1.54, 1.807) is 24.3 Å². The molecule has 0 spiro atoms. The summed E-state index contributed by atoms with van der Waals surface area (Å²) in [5.41, 5.74) is 6.25. The topological polar surface area (TPSA) is 53.7 Å². The Kier molecular flexibility index (Phi) is 2.91. The van der Waals surface area contributed by atoms with Gasteiger partial charge in [0, 0.05) is 19.5 Å². The van der Waals surface area contributed by atoms with Crippen molar-refractivity contribution in [2.45, 2.75) is 19.6 Å². The molecule has 0 aromatic heterocycles. The Morgan fingerprint density at radius 1 is 1.10 bits per heavy atom. The molecule has 0 amide bonds. The van der Waals surface area contributed by atoms with Crippen LogP contribution in [0.2, 0.25) is 5.02 Å². The number of nitrogens with two attached hydrogens (primary N) is 1. The lowest BCUT2D eigenvalue weighted by atomic mass is 10.3. The molecule has 0 aliphatic carbocycles. The second-order valence-corrected chi connectivity index (χ2v) is 5.39. The monoisotopic (exact) mass is 291 g/mol. The van der Waals surface area contributed by atoms with Crippen LogP contribution < -0.4 is 19.9 Å². The summed E-state index contributed by atoms with van der Waals surface area (Å²) in [5, 5.41) is 0.445. The highest BCUT2D eigenvalue weighted by atomic mass is 35.5. The van der Waals surface area contributed by atoms with Gasteiger partial charge in [0.25, 0.3) is 0 Å². The van der Waals surface area contributed by atoms with Gasteiger partial charge in [-0.25, -0.2) is 0 Å². The zero-order valence-electron chi connectivity index (χ0n) is 11.1. The van der Waals surface area contributed by atoms with E-state index in [9.17, 15) is 0 Å². The fourth-order valence-corrected chi connectivity index (χ4v) is 2.23. The Morgan fingerprint density at radius 3 is 2.65 bits per heavy atom. The Balaban J connectivity index is 1.95. The summed E-state index contributed by atoms with van der Waals surface area (Å²) in [7, 11) is 0. The van der Waals surface area contributed by atoms with Crippen molar-refractivity contribution < 1.29 is 14.2 Å². The largest absolute Gasteiger partial charge is 0.452 e. The maximum atomic E-state index is 6.11. The number of nitrogen functional groups attached to an aromatic ring is 1. The molecule has 104 valence electrons. The average molecular weight is 292 g/mol. The Labute approximate surface area is 122 Å². The third-order valence-electron chi connectivity index (χ3n) is 2.82. The van der Waals surface area contributed by atoms with Crippen LogP contribution in [0.15, 0.2) is 36.4 Å². The van der Waals surface area contributed by atoms with Gasteiger partial charge in [0.1, 0.15) is 5.75 Å². The molecule has 0 radical (unpaired) electrons. The van der Waals surface area contributed by atoms with Crippen LogP contribution in [-0.4, -0.2) is 5.79 Å². The molecule has 2 aromatic carbocycles. The molecule has 2 aromatic rings. The minimum absolute atomic E-state index is 0.445. The number of fused-ring (bicyclic) bond motifs is 1. The molecule has 3 rings (SSSR count). The van der Waals surface area contributed by atoms with E-state index < -0.39 is 5.79 Å². The minimum Gasteiger partial charge on any atom is -0.452 e. The number of para-hydroxylation sites is 1. The molecule has 1 heterocycles. The lowest BCUT2D eigenvalue weighted by Crippen LogP contribution is -2.29. The van der Waals surface area contributed by atoms with Crippen LogP contribution in [-0.2, 0) is 0 Å². The van der Waals surface area contributed by atoms with Crippen LogP contribution in [0.4, 0.5) is 5.69 Å². The first kappa shape index (κ1) is 12.9. The molecule has 1 aliphatic rings. The molecular formula is C15H14ClNO3. The Hall–Kier alpha value is -2.07. The second-order valence-electron chi connectivity index (χ2n) is 4.98. The molecule has 0 unspecified atom stereocenters. The van der Waals surface area contributed by atoms with Crippen molar-refractivity contribution in [3.8, 4) is 23.0 Å². The van der Waals surface area contributed by atoms with Crippen LogP contribution in [0, 0.1) is 0 Å². The quantitative estimate of drug-likeness (QED) is 0.842. The van der Waals surface area contributed by atoms with Gasteiger partial charge in [-0.15, -0.1) is 0 Å². The van der Waals surface area contributed by atoms with Crippen LogP contribution in [0.1, 0.15) is 13.8 Å². The van der Waals surface area contributed by atoms with Gasteiger partial charge in [-0.3, -0.25) is 0 Å². The van der Waals surface area contributed by atoms with Crippen molar-refractivity contribution in [2.75, 3.05) is 5.73 Å². The molecule has 1 aliphatic heterocycles. The number of rotatable bonds is 2. The summed E-state index contributed by atoms with van der Waals surface area (Å²) in [6.07, 6.45) is 0. The highest BCUT2D eigenvalue weighted by Crippen LogP contribution is 2.47. The molecule has 0 atom stereocenters. The molecule has 0 bridgehead atoms. The van der Waals surface area contributed by atoms with Crippen molar-refractivity contribution in [1.82, 2.24) is 0 Å². The normalized spacial score (nSPS) is 15.2. The standard InChI is InChI=1S/C15H14ClNO3/c1-15(2)19-13-5-3-4-12(14(13)20-15)18-11-7-6-9(17)8-10(11)16/h3-8H,17H2,1-2H3. The number of hydrogen-bond donors (Lipinski definition) is 1. The van der Waals surface area contributed by atoms with Crippen molar-refractivity contribution in [2.24, 2.45) is 0 Å². The highest BCUT2D eigenvalue weighted by Gasteiger charge is 2.34. The summed E-state index contributed by atoms with van der Waals surface area (Å²) in [6.45, 7) is 3.68. The lowest BCUT2D eigenvalue weighted by Gasteiger charge is -2.16. The molecule has 5 heteroatoms. The molecule has 0 fully saturated rings. The van der Waals surface area contributed by atoms with E-state index in [1.165, 1.54) is 0 Å². The first-order valence-corrected chi connectivity index (χ1v) is 6.56. The van der Waals surface area contributed by atoms with Gasteiger partial charge < -0.3 is 19.9 Å². The SMILES string of the molecule is CC1(C)Oc2cccc(Oc3ccc(N)cc3Cl)c2O1. The predicted molar refractivity (Wildman–Crippen MR) is 77.7 cm³/mol. The number of hydrogen-bond acceptors (Lipinski definition) is 4. The minimum atomic E-state index is -0.702. The molecular weight excluding hydrogens is 278 g/mol. The fourth-order valence-electron chi connectivity index (χ4n) is 2.01. The van der Waals surface area contributed by atoms with E-state index in [0.717, 1.165) is 0 Å². The van der Waals surface area contributed by atoms with E-state index in [4.69, 9.17) is 31.5 Å². The number of ether oxygens (including phenoxy) is 3. The lowest BCUT2D eigenvalue weighted by molar-refractivity contribution is -0.0438. The summed E-state index contributed by atoms with van der Waals surface area (Å²) in [6, 6.07) is 10.6. The Bertz CT molecular complexity index is 670. The van der Waals surface area contributed by atoms with Crippen molar-refractivity contribution >= 4 is 17.3 Å². The number of halogens is 1. The molecule has 20 heavy (non-hydrogen) atoms. The maximum absolute atomic E-state index is 6.11. The smallest absolute Gasteiger partial charge is 0.246 e. The maximum Gasteiger partial charge on any atom is 0.246 e.